The van der Waals surface area contributed by atoms with Crippen molar-refractivity contribution in [3.8, 4) is 22.6 Å². The molecule has 5 rings (SSSR count). The molecule has 0 spiro atoms. The lowest BCUT2D eigenvalue weighted by Gasteiger charge is -2.26. The van der Waals surface area contributed by atoms with E-state index in [1.807, 2.05) is 84.6 Å². The molecule has 0 aliphatic carbocycles. The second-order valence-electron chi connectivity index (χ2n) is 8.65. The van der Waals surface area contributed by atoms with Gasteiger partial charge in [0.05, 0.1) is 17.4 Å². The van der Waals surface area contributed by atoms with Gasteiger partial charge in [0.2, 0.25) is 0 Å². The Labute approximate surface area is 203 Å². The molecular weight excluding hydrogens is 442 g/mol. The molecular formula is C27H27N5OS. The number of rotatable bonds is 5. The number of carbonyl (C=O) groups excluding carboxylic acids is 1. The fourth-order valence-corrected chi connectivity index (χ4v) is 5.28. The summed E-state index contributed by atoms with van der Waals surface area (Å²) in [6.07, 6.45) is 5.00. The Balaban J connectivity index is 1.77. The first kappa shape index (κ1) is 22.2. The minimum Gasteiger partial charge on any atom is -0.369 e. The number of aromatic nitrogens is 2. The van der Waals surface area contributed by atoms with E-state index in [2.05, 4.69) is 0 Å². The van der Waals surface area contributed by atoms with Gasteiger partial charge in [-0.05, 0) is 19.3 Å². The minimum atomic E-state index is 0.0360. The number of hydrogen-bond acceptors (Lipinski definition) is 5. The van der Waals surface area contributed by atoms with Gasteiger partial charge < -0.3 is 9.80 Å². The molecule has 0 saturated carbocycles. The Kier molecular flexibility index (Phi) is 6.36. The molecule has 1 saturated heterocycles. The fourth-order valence-electron chi connectivity index (χ4n) is 4.19. The van der Waals surface area contributed by atoms with Crippen LogP contribution in [0.1, 0.15) is 28.9 Å². The van der Waals surface area contributed by atoms with E-state index in [0.717, 1.165) is 53.0 Å². The largest absolute Gasteiger partial charge is 0.369 e. The van der Waals surface area contributed by atoms with Gasteiger partial charge in [-0.25, -0.2) is 15.0 Å². The van der Waals surface area contributed by atoms with Gasteiger partial charge in [0.1, 0.15) is 15.4 Å². The summed E-state index contributed by atoms with van der Waals surface area (Å²) in [4.78, 5) is 33.6. The molecule has 4 aromatic rings. The summed E-state index contributed by atoms with van der Waals surface area (Å²) in [5.74, 6) is 0.683. The number of carbonyl (C=O) groups is 1. The van der Waals surface area contributed by atoms with E-state index in [9.17, 15) is 4.79 Å². The zero-order valence-corrected chi connectivity index (χ0v) is 20.3. The molecule has 1 aliphatic heterocycles. The van der Waals surface area contributed by atoms with Gasteiger partial charge >= 0.3 is 0 Å². The second-order valence-corrected chi connectivity index (χ2v) is 9.65. The number of amides is 1. The smallest absolute Gasteiger partial charge is 0.266 e. The van der Waals surface area contributed by atoms with Crippen molar-refractivity contribution in [3.05, 3.63) is 65.5 Å². The van der Waals surface area contributed by atoms with Crippen LogP contribution in [0.25, 0.3) is 32.9 Å². The maximum atomic E-state index is 13.6. The molecule has 1 amide bonds. The van der Waals surface area contributed by atoms with Gasteiger partial charge in [-0.2, -0.15) is 0 Å². The van der Waals surface area contributed by atoms with Gasteiger partial charge in [0.25, 0.3) is 5.91 Å². The van der Waals surface area contributed by atoms with E-state index in [4.69, 9.17) is 15.0 Å². The molecule has 7 heteroatoms. The highest BCUT2D eigenvalue weighted by molar-refractivity contribution is 7.21. The molecule has 2 aromatic carbocycles. The lowest BCUT2D eigenvalue weighted by atomic mass is 10.1. The molecule has 2 aromatic heterocycles. The zero-order chi connectivity index (χ0) is 23.5. The van der Waals surface area contributed by atoms with Crippen molar-refractivity contribution in [1.29, 1.82) is 0 Å². The molecule has 34 heavy (non-hydrogen) atoms. The van der Waals surface area contributed by atoms with E-state index >= 15 is 0 Å². The first-order valence-corrected chi connectivity index (χ1v) is 12.4. The van der Waals surface area contributed by atoms with E-state index in [1.165, 1.54) is 17.8 Å². The van der Waals surface area contributed by atoms with Crippen LogP contribution in [0, 0.1) is 0 Å². The number of hydrogen-bond donors (Lipinski definition) is 0. The average molecular weight is 470 g/mol. The van der Waals surface area contributed by atoms with Crippen molar-refractivity contribution in [1.82, 2.24) is 19.8 Å². The summed E-state index contributed by atoms with van der Waals surface area (Å²) in [5.41, 5.74) is 3.37. The number of nitrogens with zero attached hydrogens (tertiary/aromatic N) is 5. The Morgan fingerprint density at radius 1 is 0.941 bits per heavy atom. The van der Waals surface area contributed by atoms with Crippen LogP contribution in [0.5, 0.6) is 0 Å². The van der Waals surface area contributed by atoms with Crippen LogP contribution in [-0.4, -0.2) is 59.2 Å². The Hall–Kier alpha value is -3.58. The molecule has 0 bridgehead atoms. The first-order chi connectivity index (χ1) is 16.6. The lowest BCUT2D eigenvalue weighted by Crippen LogP contribution is -2.35. The maximum absolute atomic E-state index is 13.6. The molecule has 0 atom stereocenters. The molecule has 1 aliphatic rings. The molecule has 6 nitrogen and oxygen atoms in total. The Morgan fingerprint density at radius 3 is 2.24 bits per heavy atom. The van der Waals surface area contributed by atoms with Crippen LogP contribution in [0.15, 0.2) is 65.7 Å². The maximum Gasteiger partial charge on any atom is 0.266 e. The number of likely N-dealkylation sites (tertiary alicyclic amines) is 1. The fraction of sp³-hybridized carbons (Fsp3) is 0.259. The molecule has 3 heterocycles. The third-order valence-electron chi connectivity index (χ3n) is 5.86. The quantitative estimate of drug-likeness (QED) is 0.271. The van der Waals surface area contributed by atoms with Crippen molar-refractivity contribution in [3.63, 3.8) is 0 Å². The number of fused-ring (bicyclic) bond motifs is 1. The summed E-state index contributed by atoms with van der Waals surface area (Å²) >= 11 is 1.42. The van der Waals surface area contributed by atoms with Crippen LogP contribution < -0.4 is 0 Å². The first-order valence-electron chi connectivity index (χ1n) is 11.6. The number of benzene rings is 2. The van der Waals surface area contributed by atoms with E-state index < -0.39 is 0 Å². The van der Waals surface area contributed by atoms with E-state index in [-0.39, 0.29) is 5.91 Å². The predicted molar refractivity (Wildman–Crippen MR) is 140 cm³/mol. The van der Waals surface area contributed by atoms with E-state index in [1.54, 1.807) is 6.34 Å². The van der Waals surface area contributed by atoms with Crippen LogP contribution in [0.3, 0.4) is 0 Å². The minimum absolute atomic E-state index is 0.0360. The van der Waals surface area contributed by atoms with Crippen LogP contribution in [0.4, 0.5) is 5.69 Å². The molecule has 0 radical (unpaired) electrons. The summed E-state index contributed by atoms with van der Waals surface area (Å²) in [6, 6.07) is 20.0. The van der Waals surface area contributed by atoms with Gasteiger partial charge in [-0.3, -0.25) is 4.79 Å². The average Bonchev–Trinajstić information content (AvgIpc) is 3.26. The van der Waals surface area contributed by atoms with Gasteiger partial charge in [-0.1, -0.05) is 60.7 Å². The summed E-state index contributed by atoms with van der Waals surface area (Å²) in [5, 5.41) is 0.828. The summed E-state index contributed by atoms with van der Waals surface area (Å²) in [6.45, 7) is 1.58. The third-order valence-corrected chi connectivity index (χ3v) is 6.92. The molecule has 0 N–H and O–H groups in total. The van der Waals surface area contributed by atoms with Crippen molar-refractivity contribution in [2.75, 3.05) is 27.2 Å². The normalized spacial score (nSPS) is 14.1. The Morgan fingerprint density at radius 2 is 1.59 bits per heavy atom. The number of thiophene rings is 1. The van der Waals surface area contributed by atoms with E-state index in [0.29, 0.717) is 16.4 Å². The molecule has 1 fully saturated rings. The van der Waals surface area contributed by atoms with Crippen LogP contribution in [-0.2, 0) is 0 Å². The number of piperidine rings is 1. The van der Waals surface area contributed by atoms with Gasteiger partial charge in [-0.15, -0.1) is 11.3 Å². The van der Waals surface area contributed by atoms with Crippen LogP contribution >= 0.6 is 11.3 Å². The van der Waals surface area contributed by atoms with Gasteiger partial charge in [0.15, 0.2) is 5.82 Å². The third kappa shape index (κ3) is 4.43. The lowest BCUT2D eigenvalue weighted by molar-refractivity contribution is 0.0730. The highest BCUT2D eigenvalue weighted by Crippen LogP contribution is 2.43. The van der Waals surface area contributed by atoms with Crippen molar-refractivity contribution in [2.24, 2.45) is 4.99 Å². The highest BCUT2D eigenvalue weighted by atomic mass is 32.1. The predicted octanol–water partition coefficient (Wildman–Crippen LogP) is 5.87. The monoisotopic (exact) mass is 469 g/mol. The Bertz CT molecular complexity index is 1330. The topological polar surface area (TPSA) is 61.7 Å². The zero-order valence-electron chi connectivity index (χ0n) is 19.4. The van der Waals surface area contributed by atoms with Crippen LogP contribution in [0.2, 0.25) is 0 Å². The highest BCUT2D eigenvalue weighted by Gasteiger charge is 2.27. The van der Waals surface area contributed by atoms with Crippen molar-refractivity contribution in [2.45, 2.75) is 19.3 Å². The van der Waals surface area contributed by atoms with Gasteiger partial charge in [0, 0.05) is 38.3 Å². The standard InChI is InChI=1S/C27H27N5OS/c1-31(2)18-28-23-21-22(19-12-6-3-7-13-19)29-25(20-14-8-4-9-15-20)30-26(21)34-24(23)27(33)32-16-10-5-11-17-32/h3-4,6-9,12-15,18H,5,10-11,16-17H2,1-2H3. The summed E-state index contributed by atoms with van der Waals surface area (Å²) < 4.78 is 0. The molecule has 0 unspecified atom stereocenters. The number of aliphatic imine (C=N–C) groups is 1. The SMILES string of the molecule is CN(C)C=Nc1c(C(=O)N2CCCCC2)sc2nc(-c3ccccc3)nc(-c3ccccc3)c12. The second kappa shape index (κ2) is 9.73. The van der Waals surface area contributed by atoms with Crippen molar-refractivity contribution >= 4 is 39.5 Å². The summed E-state index contributed by atoms with van der Waals surface area (Å²) in [7, 11) is 3.85. The molecule has 172 valence electrons. The van der Waals surface area contributed by atoms with Crippen molar-refractivity contribution < 1.29 is 4.79 Å².